The molecule has 0 radical (unpaired) electrons. The summed E-state index contributed by atoms with van der Waals surface area (Å²) in [6.07, 6.45) is 2.19. The van der Waals surface area contributed by atoms with Gasteiger partial charge in [0.05, 0.1) is 12.7 Å². The van der Waals surface area contributed by atoms with Crippen molar-refractivity contribution in [3.05, 3.63) is 23.8 Å². The molecule has 1 aliphatic rings. The maximum absolute atomic E-state index is 9.69. The molecule has 0 bridgehead atoms. The second kappa shape index (κ2) is 3.17. The van der Waals surface area contributed by atoms with Gasteiger partial charge in [-0.3, -0.25) is 0 Å². The van der Waals surface area contributed by atoms with Gasteiger partial charge in [0.1, 0.15) is 11.5 Å². The predicted molar refractivity (Wildman–Crippen MR) is 52.5 cm³/mol. The third kappa shape index (κ3) is 1.82. The monoisotopic (exact) mass is 194 g/mol. The zero-order valence-electron chi connectivity index (χ0n) is 8.16. The van der Waals surface area contributed by atoms with Crippen LogP contribution in [0.15, 0.2) is 18.2 Å². The Hall–Kier alpha value is -1.22. The van der Waals surface area contributed by atoms with Gasteiger partial charge < -0.3 is 14.9 Å². The minimum atomic E-state index is -0.563. The van der Waals surface area contributed by atoms with Gasteiger partial charge in [0.2, 0.25) is 0 Å². The molecule has 0 heterocycles. The van der Waals surface area contributed by atoms with Gasteiger partial charge in [-0.05, 0) is 24.5 Å². The third-order valence-electron chi connectivity index (χ3n) is 2.64. The Labute approximate surface area is 83.0 Å². The fourth-order valence-electron chi connectivity index (χ4n) is 1.50. The van der Waals surface area contributed by atoms with Crippen LogP contribution in [0.3, 0.4) is 0 Å². The maximum atomic E-state index is 9.69. The van der Waals surface area contributed by atoms with E-state index in [9.17, 15) is 10.2 Å². The molecule has 76 valence electrons. The number of aliphatic hydroxyl groups is 1. The lowest BCUT2D eigenvalue weighted by Crippen LogP contribution is -2.10. The number of hydrogen-bond acceptors (Lipinski definition) is 3. The van der Waals surface area contributed by atoms with Gasteiger partial charge in [-0.25, -0.2) is 0 Å². The Morgan fingerprint density at radius 2 is 2.14 bits per heavy atom. The first-order chi connectivity index (χ1) is 6.63. The van der Waals surface area contributed by atoms with Gasteiger partial charge in [0.15, 0.2) is 0 Å². The van der Waals surface area contributed by atoms with Crippen LogP contribution >= 0.6 is 0 Å². The Balaban J connectivity index is 2.17. The molecule has 3 nitrogen and oxygen atoms in total. The summed E-state index contributed by atoms with van der Waals surface area (Å²) in [7, 11) is 1.56. The molecule has 0 amide bonds. The first-order valence-electron chi connectivity index (χ1n) is 4.71. The molecule has 0 aromatic heterocycles. The minimum absolute atomic E-state index is 0.199. The summed E-state index contributed by atoms with van der Waals surface area (Å²) in [5.41, 5.74) is 0.220. The zero-order valence-corrected chi connectivity index (χ0v) is 8.16. The number of ether oxygens (including phenoxy) is 1. The Kier molecular flexibility index (Phi) is 2.11. The van der Waals surface area contributed by atoms with E-state index in [1.807, 2.05) is 0 Å². The van der Waals surface area contributed by atoms with Crippen molar-refractivity contribution in [2.45, 2.75) is 24.9 Å². The number of methoxy groups -OCH3 is 1. The third-order valence-corrected chi connectivity index (χ3v) is 2.64. The van der Waals surface area contributed by atoms with Crippen molar-refractivity contribution in [1.29, 1.82) is 0 Å². The van der Waals surface area contributed by atoms with Crippen molar-refractivity contribution in [2.24, 2.45) is 0 Å². The largest absolute Gasteiger partial charge is 0.508 e. The summed E-state index contributed by atoms with van der Waals surface area (Å²) in [6.45, 7) is 0. The molecule has 14 heavy (non-hydrogen) atoms. The topological polar surface area (TPSA) is 49.7 Å². The average molecular weight is 194 g/mol. The fourth-order valence-corrected chi connectivity index (χ4v) is 1.50. The lowest BCUT2D eigenvalue weighted by molar-refractivity contribution is 0.150. The van der Waals surface area contributed by atoms with Crippen molar-refractivity contribution in [1.82, 2.24) is 0 Å². The van der Waals surface area contributed by atoms with Gasteiger partial charge in [0.25, 0.3) is 0 Å². The van der Waals surface area contributed by atoms with E-state index < -0.39 is 5.60 Å². The van der Waals surface area contributed by atoms with Crippen LogP contribution in [0.4, 0.5) is 0 Å². The molecule has 1 aromatic rings. The molecular weight excluding hydrogens is 180 g/mol. The lowest BCUT2D eigenvalue weighted by Gasteiger charge is -2.10. The number of hydrogen-bond donors (Lipinski definition) is 2. The quantitative estimate of drug-likeness (QED) is 0.766. The van der Waals surface area contributed by atoms with Crippen molar-refractivity contribution >= 4 is 0 Å². The van der Waals surface area contributed by atoms with Crippen LogP contribution in [-0.2, 0) is 6.42 Å². The standard InChI is InChI=1S/C11H14O3/c1-14-9-3-2-8(10(12)6-9)7-11(13)4-5-11/h2-3,6,12-13H,4-5,7H2,1H3. The number of aromatic hydroxyl groups is 1. The molecule has 1 fully saturated rings. The van der Waals surface area contributed by atoms with Gasteiger partial charge >= 0.3 is 0 Å². The summed E-state index contributed by atoms with van der Waals surface area (Å²) in [5, 5.41) is 19.3. The lowest BCUT2D eigenvalue weighted by atomic mass is 10.1. The van der Waals surface area contributed by atoms with Crippen LogP contribution in [0.5, 0.6) is 11.5 Å². The maximum Gasteiger partial charge on any atom is 0.122 e. The van der Waals surface area contributed by atoms with E-state index in [4.69, 9.17) is 4.74 Å². The average Bonchev–Trinajstić information content (AvgIpc) is 2.88. The van der Waals surface area contributed by atoms with Crippen LogP contribution in [0.25, 0.3) is 0 Å². The highest BCUT2D eigenvalue weighted by molar-refractivity contribution is 5.40. The van der Waals surface area contributed by atoms with Gasteiger partial charge in [-0.15, -0.1) is 0 Å². The van der Waals surface area contributed by atoms with Crippen molar-refractivity contribution in [3.8, 4) is 11.5 Å². The van der Waals surface area contributed by atoms with Crippen molar-refractivity contribution in [2.75, 3.05) is 7.11 Å². The van der Waals surface area contributed by atoms with Crippen LogP contribution in [0, 0.1) is 0 Å². The van der Waals surface area contributed by atoms with E-state index in [0.29, 0.717) is 12.2 Å². The molecule has 2 rings (SSSR count). The summed E-state index contributed by atoms with van der Waals surface area (Å²) in [6, 6.07) is 5.16. The Bertz CT molecular complexity index is 342. The first-order valence-corrected chi connectivity index (χ1v) is 4.71. The van der Waals surface area contributed by atoms with Crippen LogP contribution in [0.2, 0.25) is 0 Å². The smallest absolute Gasteiger partial charge is 0.122 e. The summed E-state index contributed by atoms with van der Waals surface area (Å²) < 4.78 is 4.97. The molecule has 1 aliphatic carbocycles. The molecule has 0 unspecified atom stereocenters. The van der Waals surface area contributed by atoms with Crippen LogP contribution in [0.1, 0.15) is 18.4 Å². The van der Waals surface area contributed by atoms with Gasteiger partial charge in [0, 0.05) is 12.5 Å². The predicted octanol–water partition coefficient (Wildman–Crippen LogP) is 1.47. The molecular formula is C11H14O3. The summed E-state index contributed by atoms with van der Waals surface area (Å²) >= 11 is 0. The molecule has 0 saturated heterocycles. The highest BCUT2D eigenvalue weighted by atomic mass is 16.5. The van der Waals surface area contributed by atoms with Gasteiger partial charge in [-0.2, -0.15) is 0 Å². The van der Waals surface area contributed by atoms with E-state index in [-0.39, 0.29) is 5.75 Å². The highest BCUT2D eigenvalue weighted by Gasteiger charge is 2.40. The number of rotatable bonds is 3. The number of phenols is 1. The second-order valence-corrected chi connectivity index (χ2v) is 3.90. The summed E-state index contributed by atoms with van der Waals surface area (Å²) in [4.78, 5) is 0. The van der Waals surface area contributed by atoms with Crippen LogP contribution < -0.4 is 4.74 Å². The number of benzene rings is 1. The molecule has 1 aromatic carbocycles. The molecule has 0 spiro atoms. The normalized spacial score (nSPS) is 17.9. The minimum Gasteiger partial charge on any atom is -0.508 e. The summed E-state index contributed by atoms with van der Waals surface area (Å²) in [5.74, 6) is 0.832. The Morgan fingerprint density at radius 3 is 2.64 bits per heavy atom. The molecule has 0 atom stereocenters. The molecule has 0 aliphatic heterocycles. The molecule has 3 heteroatoms. The zero-order chi connectivity index (χ0) is 10.2. The van der Waals surface area contributed by atoms with Crippen molar-refractivity contribution in [3.63, 3.8) is 0 Å². The number of phenolic OH excluding ortho intramolecular Hbond substituents is 1. The first kappa shape index (κ1) is 9.34. The van der Waals surface area contributed by atoms with E-state index >= 15 is 0 Å². The molecule has 1 saturated carbocycles. The van der Waals surface area contributed by atoms with Gasteiger partial charge in [-0.1, -0.05) is 6.07 Å². The van der Waals surface area contributed by atoms with E-state index in [0.717, 1.165) is 18.4 Å². The fraction of sp³-hybridized carbons (Fsp3) is 0.455. The van der Waals surface area contributed by atoms with E-state index in [1.54, 1.807) is 25.3 Å². The highest BCUT2D eigenvalue weighted by Crippen LogP contribution is 2.40. The van der Waals surface area contributed by atoms with Crippen molar-refractivity contribution < 1.29 is 14.9 Å². The second-order valence-electron chi connectivity index (χ2n) is 3.90. The van der Waals surface area contributed by atoms with Crippen LogP contribution in [-0.4, -0.2) is 22.9 Å². The van der Waals surface area contributed by atoms with E-state index in [1.165, 1.54) is 0 Å². The SMILES string of the molecule is COc1ccc(CC2(O)CC2)c(O)c1. The van der Waals surface area contributed by atoms with E-state index in [2.05, 4.69) is 0 Å². The molecule has 2 N–H and O–H groups in total. The Morgan fingerprint density at radius 1 is 1.43 bits per heavy atom.